The summed E-state index contributed by atoms with van der Waals surface area (Å²) in [5, 5.41) is 3.65. The molecule has 2 heterocycles. The molecule has 0 spiro atoms. The molecule has 1 N–H and O–H groups in total. The number of guanidine groups is 1. The summed E-state index contributed by atoms with van der Waals surface area (Å²) in [5.74, 6) is 2.51. The molecule has 1 aromatic rings. The van der Waals surface area contributed by atoms with Crippen LogP contribution in [0.1, 0.15) is 32.3 Å². The van der Waals surface area contributed by atoms with Crippen molar-refractivity contribution in [1.29, 1.82) is 0 Å². The highest BCUT2D eigenvalue weighted by Gasteiger charge is 2.24. The molecular formula is C20H33IN4. The van der Waals surface area contributed by atoms with Crippen molar-refractivity contribution in [2.24, 2.45) is 16.8 Å². The summed E-state index contributed by atoms with van der Waals surface area (Å²) in [5.41, 5.74) is 2.75. The van der Waals surface area contributed by atoms with E-state index in [0.29, 0.717) is 0 Å². The summed E-state index contributed by atoms with van der Waals surface area (Å²) in [7, 11) is 1.90. The van der Waals surface area contributed by atoms with Crippen molar-refractivity contribution in [1.82, 2.24) is 10.2 Å². The predicted octanol–water partition coefficient (Wildman–Crippen LogP) is 3.61. The highest BCUT2D eigenvalue weighted by molar-refractivity contribution is 14.0. The van der Waals surface area contributed by atoms with E-state index in [2.05, 4.69) is 58.2 Å². The number of fused-ring (bicyclic) bond motifs is 1. The number of hydrogen-bond acceptors (Lipinski definition) is 2. The lowest BCUT2D eigenvalue weighted by Crippen LogP contribution is -2.46. The fourth-order valence-corrected chi connectivity index (χ4v) is 4.09. The van der Waals surface area contributed by atoms with Crippen molar-refractivity contribution < 1.29 is 0 Å². The average Bonchev–Trinajstić information content (AvgIpc) is 2.99. The number of nitrogens with zero attached hydrogens (tertiary/aromatic N) is 3. The standard InChI is InChI=1S/C20H32N4.HI/c1-16(2)14-23-11-6-7-17(15-23)13-22-20(21-3)24-12-10-18-8-4-5-9-19(18)24;/h4-5,8-9,16-17H,6-7,10-15H2,1-3H3,(H,21,22);1H. The normalized spacial score (nSPS) is 21.2. The summed E-state index contributed by atoms with van der Waals surface area (Å²) in [6.45, 7) is 10.4. The molecule has 1 atom stereocenters. The summed E-state index contributed by atoms with van der Waals surface area (Å²) in [6.07, 6.45) is 3.77. The molecule has 1 unspecified atom stereocenters. The van der Waals surface area contributed by atoms with Crippen LogP contribution in [0.5, 0.6) is 0 Å². The zero-order chi connectivity index (χ0) is 16.9. The molecule has 2 aliphatic rings. The monoisotopic (exact) mass is 456 g/mol. The molecule has 0 aliphatic carbocycles. The van der Waals surface area contributed by atoms with Crippen LogP contribution in [0.25, 0.3) is 0 Å². The zero-order valence-corrected chi connectivity index (χ0v) is 18.2. The first kappa shape index (κ1) is 20.5. The smallest absolute Gasteiger partial charge is 0.198 e. The summed E-state index contributed by atoms with van der Waals surface area (Å²) < 4.78 is 0. The first-order valence-electron chi connectivity index (χ1n) is 9.46. The molecular weight excluding hydrogens is 423 g/mol. The van der Waals surface area contributed by atoms with Gasteiger partial charge in [-0.25, -0.2) is 0 Å². The maximum atomic E-state index is 4.54. The lowest BCUT2D eigenvalue weighted by Gasteiger charge is -2.34. The van der Waals surface area contributed by atoms with Crippen molar-refractivity contribution in [3.8, 4) is 0 Å². The Balaban J connectivity index is 0.00000225. The van der Waals surface area contributed by atoms with Gasteiger partial charge in [0.1, 0.15) is 0 Å². The third-order valence-corrected chi connectivity index (χ3v) is 5.13. The molecule has 0 aromatic heterocycles. The van der Waals surface area contributed by atoms with Crippen molar-refractivity contribution in [2.75, 3.05) is 44.7 Å². The van der Waals surface area contributed by atoms with E-state index < -0.39 is 0 Å². The van der Waals surface area contributed by atoms with Crippen LogP contribution < -0.4 is 10.2 Å². The third-order valence-electron chi connectivity index (χ3n) is 5.13. The van der Waals surface area contributed by atoms with Gasteiger partial charge in [0.2, 0.25) is 0 Å². The Labute approximate surface area is 170 Å². The van der Waals surface area contributed by atoms with E-state index in [1.54, 1.807) is 0 Å². The largest absolute Gasteiger partial charge is 0.356 e. The Kier molecular flexibility index (Phi) is 8.00. The Morgan fingerprint density at radius 3 is 2.84 bits per heavy atom. The molecule has 1 fully saturated rings. The number of likely N-dealkylation sites (tertiary alicyclic amines) is 1. The maximum absolute atomic E-state index is 4.54. The SMILES string of the molecule is CN=C(NCC1CCCN(CC(C)C)C1)N1CCc2ccccc21.I. The average molecular weight is 456 g/mol. The van der Waals surface area contributed by atoms with Gasteiger partial charge in [-0.2, -0.15) is 0 Å². The second-order valence-electron chi connectivity index (χ2n) is 7.62. The van der Waals surface area contributed by atoms with Crippen LogP contribution in [0.15, 0.2) is 29.3 Å². The van der Waals surface area contributed by atoms with Crippen LogP contribution >= 0.6 is 24.0 Å². The number of piperidine rings is 1. The summed E-state index contributed by atoms with van der Waals surface area (Å²) in [6, 6.07) is 8.69. The Morgan fingerprint density at radius 1 is 1.28 bits per heavy atom. The second kappa shape index (κ2) is 9.76. The van der Waals surface area contributed by atoms with E-state index in [1.165, 1.54) is 43.7 Å². The first-order chi connectivity index (χ1) is 11.7. The number of para-hydroxylation sites is 1. The molecule has 5 heteroatoms. The van der Waals surface area contributed by atoms with Crippen molar-refractivity contribution in [3.63, 3.8) is 0 Å². The molecule has 2 aliphatic heterocycles. The van der Waals surface area contributed by atoms with E-state index in [-0.39, 0.29) is 24.0 Å². The molecule has 1 saturated heterocycles. The van der Waals surface area contributed by atoms with Gasteiger partial charge in [0.25, 0.3) is 0 Å². The minimum absolute atomic E-state index is 0. The number of benzene rings is 1. The predicted molar refractivity (Wildman–Crippen MR) is 118 cm³/mol. The number of anilines is 1. The quantitative estimate of drug-likeness (QED) is 0.427. The maximum Gasteiger partial charge on any atom is 0.198 e. The van der Waals surface area contributed by atoms with Gasteiger partial charge in [0.15, 0.2) is 5.96 Å². The molecule has 25 heavy (non-hydrogen) atoms. The van der Waals surface area contributed by atoms with Gasteiger partial charge >= 0.3 is 0 Å². The van der Waals surface area contributed by atoms with Gasteiger partial charge in [-0.1, -0.05) is 32.0 Å². The van der Waals surface area contributed by atoms with Crippen LogP contribution in [-0.2, 0) is 6.42 Å². The van der Waals surface area contributed by atoms with Gasteiger partial charge in [0.05, 0.1) is 0 Å². The molecule has 1 aromatic carbocycles. The summed E-state index contributed by atoms with van der Waals surface area (Å²) in [4.78, 5) is 9.51. The molecule has 0 radical (unpaired) electrons. The van der Waals surface area contributed by atoms with Gasteiger partial charge in [-0.3, -0.25) is 4.99 Å². The molecule has 0 bridgehead atoms. The first-order valence-corrected chi connectivity index (χ1v) is 9.46. The number of halogens is 1. The Morgan fingerprint density at radius 2 is 2.08 bits per heavy atom. The van der Waals surface area contributed by atoms with Crippen LogP contribution in [0.4, 0.5) is 5.69 Å². The third kappa shape index (κ3) is 5.33. The fraction of sp³-hybridized carbons (Fsp3) is 0.650. The minimum atomic E-state index is 0. The van der Waals surface area contributed by atoms with Crippen LogP contribution in [0.2, 0.25) is 0 Å². The number of nitrogens with one attached hydrogen (secondary N) is 1. The lowest BCUT2D eigenvalue weighted by atomic mass is 9.97. The topological polar surface area (TPSA) is 30.9 Å². The van der Waals surface area contributed by atoms with E-state index in [0.717, 1.165) is 37.3 Å². The van der Waals surface area contributed by atoms with Crippen LogP contribution in [0, 0.1) is 11.8 Å². The molecule has 4 nitrogen and oxygen atoms in total. The van der Waals surface area contributed by atoms with Crippen LogP contribution in [-0.4, -0.2) is 50.6 Å². The minimum Gasteiger partial charge on any atom is -0.356 e. The van der Waals surface area contributed by atoms with E-state index in [1.807, 2.05) is 7.05 Å². The second-order valence-corrected chi connectivity index (χ2v) is 7.62. The molecule has 0 saturated carbocycles. The number of hydrogen-bond donors (Lipinski definition) is 1. The molecule has 0 amide bonds. The molecule has 3 rings (SSSR count). The highest BCUT2D eigenvalue weighted by atomic mass is 127. The zero-order valence-electron chi connectivity index (χ0n) is 15.9. The van der Waals surface area contributed by atoms with Crippen molar-refractivity contribution >= 4 is 35.6 Å². The van der Waals surface area contributed by atoms with Gasteiger partial charge in [-0.05, 0) is 49.3 Å². The van der Waals surface area contributed by atoms with Gasteiger partial charge < -0.3 is 15.1 Å². The van der Waals surface area contributed by atoms with E-state index >= 15 is 0 Å². The summed E-state index contributed by atoms with van der Waals surface area (Å²) >= 11 is 0. The fourth-order valence-electron chi connectivity index (χ4n) is 4.09. The lowest BCUT2D eigenvalue weighted by molar-refractivity contribution is 0.159. The Hall–Kier alpha value is -0.820. The van der Waals surface area contributed by atoms with Crippen molar-refractivity contribution in [3.05, 3.63) is 29.8 Å². The number of aliphatic imine (C=N–C) groups is 1. The van der Waals surface area contributed by atoms with E-state index in [9.17, 15) is 0 Å². The number of rotatable bonds is 4. The van der Waals surface area contributed by atoms with Crippen LogP contribution in [0.3, 0.4) is 0 Å². The highest BCUT2D eigenvalue weighted by Crippen LogP contribution is 2.27. The van der Waals surface area contributed by atoms with Crippen molar-refractivity contribution in [2.45, 2.75) is 33.1 Å². The van der Waals surface area contributed by atoms with E-state index in [4.69, 9.17) is 0 Å². The van der Waals surface area contributed by atoms with Gasteiger partial charge in [-0.15, -0.1) is 24.0 Å². The molecule has 140 valence electrons. The van der Waals surface area contributed by atoms with Gasteiger partial charge in [0, 0.05) is 38.9 Å². The Bertz CT molecular complexity index is 573.